The Bertz CT molecular complexity index is 526. The van der Waals surface area contributed by atoms with Crippen LogP contribution in [0.4, 0.5) is 0 Å². The van der Waals surface area contributed by atoms with E-state index in [2.05, 4.69) is 0 Å². The number of ether oxygens (including phenoxy) is 2. The summed E-state index contributed by atoms with van der Waals surface area (Å²) < 4.78 is 32.6. The third kappa shape index (κ3) is 2.95. The summed E-state index contributed by atoms with van der Waals surface area (Å²) in [7, 11) is 1.42. The normalized spacial score (nSPS) is 15.4. The molecule has 1 aliphatic heterocycles. The number of benzene rings is 1. The highest BCUT2D eigenvalue weighted by Crippen LogP contribution is 2.41. The molecule has 0 bridgehead atoms. The number of rotatable bonds is 2. The maximum absolute atomic E-state index is 11.0. The molecule has 0 saturated carbocycles. The van der Waals surface area contributed by atoms with E-state index in [0.717, 1.165) is 0 Å². The molecule has 0 fully saturated rings. The first-order valence-electron chi connectivity index (χ1n) is 5.00. The van der Waals surface area contributed by atoms with E-state index in [1.807, 2.05) is 0 Å². The van der Waals surface area contributed by atoms with Crippen molar-refractivity contribution in [1.82, 2.24) is 0 Å². The fourth-order valence-corrected chi connectivity index (χ4v) is 2.52. The molecule has 1 N–H and O–H groups in total. The Morgan fingerprint density at radius 1 is 1.29 bits per heavy atom. The lowest BCUT2D eigenvalue weighted by Crippen LogP contribution is -1.99. The zero-order valence-corrected chi connectivity index (χ0v) is 10.4. The molecular weight excluding hydrogens is 268 g/mol. The molecule has 0 aliphatic carbocycles. The first-order valence-corrected chi connectivity index (χ1v) is 7.48. The maximum atomic E-state index is 11.0. The minimum Gasteiger partial charge on any atom is -0.504 e. The van der Waals surface area contributed by atoms with Crippen LogP contribution in [0.15, 0.2) is 12.1 Å². The van der Waals surface area contributed by atoms with Crippen LogP contribution in [0, 0.1) is 0 Å². The molecule has 0 radical (unpaired) electrons. The fourth-order valence-electron chi connectivity index (χ4n) is 1.56. The first-order chi connectivity index (χ1) is 7.97. The van der Waals surface area contributed by atoms with Gasteiger partial charge >= 0.3 is 0 Å². The van der Waals surface area contributed by atoms with Crippen molar-refractivity contribution in [3.8, 4) is 17.2 Å². The minimum atomic E-state index is -3.72. The molecule has 5 nitrogen and oxygen atoms in total. The quantitative estimate of drug-likeness (QED) is 0.832. The van der Waals surface area contributed by atoms with Crippen LogP contribution in [0.25, 0.3) is 0 Å². The average molecular weight is 279 g/mol. The zero-order valence-electron chi connectivity index (χ0n) is 8.85. The first kappa shape index (κ1) is 12.3. The molecule has 1 aromatic rings. The smallest absolute Gasteiger partial charge is 0.236 e. The van der Waals surface area contributed by atoms with E-state index < -0.39 is 14.8 Å². The fraction of sp³-hybridized carbons (Fsp3) is 0.400. The number of halogens is 1. The number of hydrogen-bond acceptors (Lipinski definition) is 5. The van der Waals surface area contributed by atoms with E-state index in [-0.39, 0.29) is 17.1 Å². The van der Waals surface area contributed by atoms with Crippen molar-refractivity contribution in [3.63, 3.8) is 0 Å². The monoisotopic (exact) mass is 278 g/mol. The second-order valence-electron chi connectivity index (χ2n) is 3.63. The average Bonchev–Trinajstić information content (AvgIpc) is 2.46. The highest BCUT2D eigenvalue weighted by molar-refractivity contribution is 8.13. The molecule has 1 aliphatic rings. The molecule has 7 heteroatoms. The van der Waals surface area contributed by atoms with Crippen molar-refractivity contribution in [2.24, 2.45) is 0 Å². The van der Waals surface area contributed by atoms with Gasteiger partial charge in [0.15, 0.2) is 11.5 Å². The van der Waals surface area contributed by atoms with Gasteiger partial charge in [-0.2, -0.15) is 0 Å². The van der Waals surface area contributed by atoms with Crippen LogP contribution in [0.1, 0.15) is 12.0 Å². The van der Waals surface area contributed by atoms with Crippen molar-refractivity contribution in [2.75, 3.05) is 13.2 Å². The number of phenols is 1. The van der Waals surface area contributed by atoms with E-state index in [1.165, 1.54) is 6.07 Å². The van der Waals surface area contributed by atoms with Gasteiger partial charge in [0.25, 0.3) is 0 Å². The molecular formula is C10H11ClO5S. The second-order valence-corrected chi connectivity index (χ2v) is 6.41. The summed E-state index contributed by atoms with van der Waals surface area (Å²) in [5, 5.41) is 9.89. The van der Waals surface area contributed by atoms with Crippen LogP contribution in [0.3, 0.4) is 0 Å². The van der Waals surface area contributed by atoms with E-state index in [1.54, 1.807) is 6.07 Å². The van der Waals surface area contributed by atoms with Crippen molar-refractivity contribution >= 4 is 19.7 Å². The molecule has 1 aromatic carbocycles. The molecule has 0 aromatic heterocycles. The van der Waals surface area contributed by atoms with Gasteiger partial charge in [0.05, 0.1) is 19.0 Å². The molecule has 0 spiro atoms. The predicted molar refractivity (Wildman–Crippen MR) is 62.2 cm³/mol. The summed E-state index contributed by atoms with van der Waals surface area (Å²) in [6.45, 7) is 0.914. The van der Waals surface area contributed by atoms with Crippen LogP contribution in [0.5, 0.6) is 17.2 Å². The summed E-state index contributed by atoms with van der Waals surface area (Å²) in [5.74, 6) is -0.0820. The van der Waals surface area contributed by atoms with Crippen LogP contribution in [-0.4, -0.2) is 26.7 Å². The number of phenolic OH excluding ortho intramolecular Hbond substituents is 1. The van der Waals surface area contributed by atoms with E-state index in [4.69, 9.17) is 20.2 Å². The topological polar surface area (TPSA) is 72.8 Å². The summed E-state index contributed by atoms with van der Waals surface area (Å²) in [4.78, 5) is 0. The van der Waals surface area contributed by atoms with Gasteiger partial charge in [0, 0.05) is 22.7 Å². The van der Waals surface area contributed by atoms with Crippen LogP contribution in [0.2, 0.25) is 0 Å². The second kappa shape index (κ2) is 4.62. The lowest BCUT2D eigenvalue weighted by Gasteiger charge is -2.11. The Hall–Kier alpha value is -1.14. The van der Waals surface area contributed by atoms with Gasteiger partial charge in [-0.05, 0) is 6.07 Å². The van der Waals surface area contributed by atoms with Crippen molar-refractivity contribution in [1.29, 1.82) is 0 Å². The van der Waals surface area contributed by atoms with E-state index >= 15 is 0 Å². The Balaban J connectivity index is 2.41. The molecule has 1 heterocycles. The van der Waals surface area contributed by atoms with Gasteiger partial charge in [-0.1, -0.05) is 6.07 Å². The SMILES string of the molecule is O=S(=O)(Cl)Cc1ccc2c(c1O)OCCCO2. The molecule has 0 unspecified atom stereocenters. The third-order valence-electron chi connectivity index (χ3n) is 2.30. The number of fused-ring (bicyclic) bond motifs is 1. The summed E-state index contributed by atoms with van der Waals surface area (Å²) in [6, 6.07) is 3.03. The van der Waals surface area contributed by atoms with Gasteiger partial charge in [-0.25, -0.2) is 8.42 Å². The zero-order chi connectivity index (χ0) is 12.5. The molecule has 0 atom stereocenters. The highest BCUT2D eigenvalue weighted by Gasteiger charge is 2.20. The largest absolute Gasteiger partial charge is 0.504 e. The van der Waals surface area contributed by atoms with Crippen LogP contribution < -0.4 is 9.47 Å². The van der Waals surface area contributed by atoms with E-state index in [9.17, 15) is 13.5 Å². The van der Waals surface area contributed by atoms with Crippen molar-refractivity contribution in [2.45, 2.75) is 12.2 Å². The molecule has 94 valence electrons. The summed E-state index contributed by atoms with van der Waals surface area (Å²) >= 11 is 0. The van der Waals surface area contributed by atoms with Crippen molar-refractivity contribution < 1.29 is 23.0 Å². The standard InChI is InChI=1S/C10H11ClO5S/c11-17(13,14)6-7-2-3-8-10(9(7)12)16-5-1-4-15-8/h2-3,12H,1,4-6H2. The maximum Gasteiger partial charge on any atom is 0.236 e. The number of aromatic hydroxyl groups is 1. The van der Waals surface area contributed by atoms with Gasteiger partial charge in [0.2, 0.25) is 14.8 Å². The Kier molecular flexibility index (Phi) is 3.35. The lowest BCUT2D eigenvalue weighted by atomic mass is 10.2. The third-order valence-corrected chi connectivity index (χ3v) is 3.28. The lowest BCUT2D eigenvalue weighted by molar-refractivity contribution is 0.291. The highest BCUT2D eigenvalue weighted by atomic mass is 35.7. The van der Waals surface area contributed by atoms with Crippen molar-refractivity contribution in [3.05, 3.63) is 17.7 Å². The Morgan fingerprint density at radius 2 is 2.00 bits per heavy atom. The van der Waals surface area contributed by atoms with Gasteiger partial charge in [-0.3, -0.25) is 0 Å². The molecule has 2 rings (SSSR count). The van der Waals surface area contributed by atoms with Gasteiger partial charge < -0.3 is 14.6 Å². The Labute approximate surface area is 103 Å². The molecule has 0 saturated heterocycles. The van der Waals surface area contributed by atoms with Gasteiger partial charge in [0.1, 0.15) is 0 Å². The minimum absolute atomic E-state index is 0.181. The van der Waals surface area contributed by atoms with Gasteiger partial charge in [-0.15, -0.1) is 0 Å². The molecule has 0 amide bonds. The Morgan fingerprint density at radius 3 is 2.71 bits per heavy atom. The molecule has 17 heavy (non-hydrogen) atoms. The van der Waals surface area contributed by atoms with Crippen LogP contribution >= 0.6 is 10.7 Å². The van der Waals surface area contributed by atoms with E-state index in [0.29, 0.717) is 25.4 Å². The predicted octanol–water partition coefficient (Wildman–Crippen LogP) is 1.62. The summed E-state index contributed by atoms with van der Waals surface area (Å²) in [6.07, 6.45) is 0.706. The van der Waals surface area contributed by atoms with Crippen LogP contribution in [-0.2, 0) is 14.8 Å². The number of hydrogen-bond donors (Lipinski definition) is 1. The summed E-state index contributed by atoms with van der Waals surface area (Å²) in [5.41, 5.74) is 0.198.